The molecule has 0 aromatic heterocycles. The van der Waals surface area contributed by atoms with Crippen molar-refractivity contribution >= 4 is 17.6 Å². The van der Waals surface area contributed by atoms with Crippen LogP contribution in [0.25, 0.3) is 0 Å². The Morgan fingerprint density at radius 2 is 1.30 bits per heavy atom. The fourth-order valence-electron chi connectivity index (χ4n) is 2.50. The fraction of sp³-hybridized carbons (Fsp3) is 0.333. The van der Waals surface area contributed by atoms with Crippen molar-refractivity contribution in [3.8, 4) is 25.7 Å². The first-order valence-electron chi connectivity index (χ1n) is 9.63. The van der Waals surface area contributed by atoms with E-state index in [0.29, 0.717) is 13.0 Å². The zero-order valence-corrected chi connectivity index (χ0v) is 19.5. The van der Waals surface area contributed by atoms with E-state index in [1.54, 1.807) is 0 Å². The molecule has 0 bridgehead atoms. The highest BCUT2D eigenvalue weighted by molar-refractivity contribution is 7.99. The van der Waals surface area contributed by atoms with Gasteiger partial charge in [0, 0.05) is 18.5 Å². The van der Waals surface area contributed by atoms with E-state index in [9.17, 15) is 26.3 Å². The van der Waals surface area contributed by atoms with Crippen LogP contribution in [-0.4, -0.2) is 12.8 Å². The second-order valence-corrected chi connectivity index (χ2v) is 6.46. The van der Waals surface area contributed by atoms with Crippen LogP contribution in [-0.2, 0) is 25.3 Å². The minimum atomic E-state index is -4.83. The van der Waals surface area contributed by atoms with E-state index in [1.807, 2.05) is 44.4 Å². The summed E-state index contributed by atoms with van der Waals surface area (Å²) in [4.78, 5) is 0. The van der Waals surface area contributed by atoms with Crippen LogP contribution in [0.1, 0.15) is 36.1 Å². The summed E-state index contributed by atoms with van der Waals surface area (Å²) in [6.45, 7) is 4.33. The van der Waals surface area contributed by atoms with Gasteiger partial charge in [0.05, 0.1) is 11.1 Å². The SMILES string of the molecule is C#C.C#C.CC.CSNc1cccc(CCNCc2cc(C(F)(F)F)cc(C(F)(F)F)c2)c1. The van der Waals surface area contributed by atoms with Gasteiger partial charge in [0.2, 0.25) is 0 Å². The molecule has 0 aliphatic carbocycles. The van der Waals surface area contributed by atoms with Gasteiger partial charge in [-0.05, 0) is 54.4 Å². The van der Waals surface area contributed by atoms with E-state index in [4.69, 9.17) is 0 Å². The molecule has 0 atom stereocenters. The Kier molecular flexibility index (Phi) is 16.5. The summed E-state index contributed by atoms with van der Waals surface area (Å²) in [5, 5.41) is 2.90. The van der Waals surface area contributed by atoms with E-state index >= 15 is 0 Å². The minimum absolute atomic E-state index is 0.0602. The second-order valence-electron chi connectivity index (χ2n) is 5.85. The predicted octanol–water partition coefficient (Wildman–Crippen LogP) is 7.27. The first kappa shape index (κ1) is 32.4. The molecule has 2 aromatic carbocycles. The Balaban J connectivity index is 0. The van der Waals surface area contributed by atoms with Crippen LogP contribution in [0.15, 0.2) is 42.5 Å². The third kappa shape index (κ3) is 12.8. The van der Waals surface area contributed by atoms with Gasteiger partial charge in [0.15, 0.2) is 0 Å². The molecule has 2 aromatic rings. The fourth-order valence-corrected chi connectivity index (χ4v) is 2.86. The molecule has 182 valence electrons. The second kappa shape index (κ2) is 16.8. The molecule has 0 heterocycles. The van der Waals surface area contributed by atoms with Gasteiger partial charge in [0.25, 0.3) is 0 Å². The zero-order chi connectivity index (χ0) is 26.1. The highest BCUT2D eigenvalue weighted by atomic mass is 32.2. The molecule has 9 heteroatoms. The van der Waals surface area contributed by atoms with Crippen molar-refractivity contribution < 1.29 is 26.3 Å². The maximum absolute atomic E-state index is 12.9. The van der Waals surface area contributed by atoms with Gasteiger partial charge in [-0.3, -0.25) is 0 Å². The molecule has 2 N–H and O–H groups in total. The Hall–Kier alpha value is -2.75. The van der Waals surface area contributed by atoms with Gasteiger partial charge in [0.1, 0.15) is 0 Å². The van der Waals surface area contributed by atoms with Crippen LogP contribution in [0.5, 0.6) is 0 Å². The topological polar surface area (TPSA) is 24.1 Å². The summed E-state index contributed by atoms with van der Waals surface area (Å²) in [5.41, 5.74) is -0.737. The summed E-state index contributed by atoms with van der Waals surface area (Å²) in [6, 6.07) is 9.22. The summed E-state index contributed by atoms with van der Waals surface area (Å²) in [6.07, 6.45) is 8.81. The largest absolute Gasteiger partial charge is 0.416 e. The Morgan fingerprint density at radius 1 is 0.788 bits per heavy atom. The summed E-state index contributed by atoms with van der Waals surface area (Å²) in [7, 11) is 0. The molecule has 0 spiro atoms. The lowest BCUT2D eigenvalue weighted by atomic mass is 10.0. The standard InChI is InChI=1S/C18H18F6N2S.C2H6.2C2H2/c1-27-26-16-4-2-3-12(9-16)5-6-25-11-13-7-14(17(19,20)21)10-15(8-13)18(22,23)24;3*1-2/h2-4,7-10,25-26H,5-6,11H2,1H3;1-2H3;2*1-2H. The van der Waals surface area contributed by atoms with Crippen molar-refractivity contribution in [1.29, 1.82) is 0 Å². The molecule has 0 saturated carbocycles. The Bertz CT molecular complexity index is 804. The van der Waals surface area contributed by atoms with Gasteiger partial charge in [-0.1, -0.05) is 37.9 Å². The van der Waals surface area contributed by atoms with Crippen LogP contribution in [0, 0.1) is 25.7 Å². The van der Waals surface area contributed by atoms with Gasteiger partial charge >= 0.3 is 12.4 Å². The van der Waals surface area contributed by atoms with Crippen LogP contribution in [0.2, 0.25) is 0 Å². The van der Waals surface area contributed by atoms with E-state index in [-0.39, 0.29) is 18.2 Å². The lowest BCUT2D eigenvalue weighted by Crippen LogP contribution is -2.18. The third-order valence-electron chi connectivity index (χ3n) is 3.71. The molecular formula is C24H28F6N2S. The van der Waals surface area contributed by atoms with Gasteiger partial charge < -0.3 is 10.0 Å². The normalized spacial score (nSPS) is 10.3. The maximum atomic E-state index is 12.9. The quantitative estimate of drug-likeness (QED) is 0.185. The first-order valence-corrected chi connectivity index (χ1v) is 10.9. The molecule has 2 nitrogen and oxygen atoms in total. The summed E-state index contributed by atoms with van der Waals surface area (Å²) < 4.78 is 80.2. The lowest BCUT2D eigenvalue weighted by Gasteiger charge is -2.14. The van der Waals surface area contributed by atoms with Crippen LogP contribution in [0.4, 0.5) is 32.0 Å². The van der Waals surface area contributed by atoms with Crippen molar-refractivity contribution in [3.63, 3.8) is 0 Å². The molecule has 0 fully saturated rings. The summed E-state index contributed by atoms with van der Waals surface area (Å²) >= 11 is 1.45. The smallest absolute Gasteiger partial charge is 0.330 e. The first-order chi connectivity index (χ1) is 15.6. The van der Waals surface area contributed by atoms with Crippen molar-refractivity contribution in [1.82, 2.24) is 5.32 Å². The monoisotopic (exact) mass is 490 g/mol. The molecule has 0 radical (unpaired) electrons. The lowest BCUT2D eigenvalue weighted by molar-refractivity contribution is -0.143. The molecule has 0 aliphatic heterocycles. The maximum Gasteiger partial charge on any atom is 0.416 e. The zero-order valence-electron chi connectivity index (χ0n) is 18.6. The van der Waals surface area contributed by atoms with Gasteiger partial charge in [-0.15, -0.1) is 25.7 Å². The number of nitrogens with one attached hydrogen (secondary N) is 2. The highest BCUT2D eigenvalue weighted by Crippen LogP contribution is 2.36. The van der Waals surface area contributed by atoms with Gasteiger partial charge in [-0.25, -0.2) is 0 Å². The number of hydrogen-bond acceptors (Lipinski definition) is 3. The molecule has 0 aliphatic rings. The highest BCUT2D eigenvalue weighted by Gasteiger charge is 2.36. The predicted molar refractivity (Wildman–Crippen MR) is 127 cm³/mol. The molecule has 0 amide bonds. The van der Waals surface area contributed by atoms with Crippen LogP contribution in [0.3, 0.4) is 0 Å². The number of terminal acetylenes is 2. The molecule has 0 unspecified atom stereocenters. The molecule has 33 heavy (non-hydrogen) atoms. The number of rotatable bonds is 7. The van der Waals surface area contributed by atoms with Crippen molar-refractivity contribution in [3.05, 3.63) is 64.7 Å². The van der Waals surface area contributed by atoms with Crippen LogP contribution >= 0.6 is 11.9 Å². The number of benzene rings is 2. The summed E-state index contributed by atoms with van der Waals surface area (Å²) in [5.74, 6) is 0. The molecule has 0 saturated heterocycles. The third-order valence-corrected chi connectivity index (χ3v) is 4.15. The van der Waals surface area contributed by atoms with E-state index < -0.39 is 23.5 Å². The number of hydrogen-bond donors (Lipinski definition) is 2. The number of anilines is 1. The number of halogens is 6. The Labute approximate surface area is 196 Å². The van der Waals surface area contributed by atoms with E-state index in [2.05, 4.69) is 35.7 Å². The molecular weight excluding hydrogens is 462 g/mol. The van der Waals surface area contributed by atoms with E-state index in [0.717, 1.165) is 23.4 Å². The minimum Gasteiger partial charge on any atom is -0.330 e. The van der Waals surface area contributed by atoms with Crippen molar-refractivity contribution in [2.75, 3.05) is 17.5 Å². The molecule has 2 rings (SSSR count). The average molecular weight is 491 g/mol. The average Bonchev–Trinajstić information content (AvgIpc) is 2.80. The van der Waals surface area contributed by atoms with Crippen molar-refractivity contribution in [2.45, 2.75) is 39.2 Å². The Morgan fingerprint density at radius 3 is 1.76 bits per heavy atom. The number of alkyl halides is 6. The van der Waals surface area contributed by atoms with Crippen LogP contribution < -0.4 is 10.0 Å². The van der Waals surface area contributed by atoms with Gasteiger partial charge in [-0.2, -0.15) is 26.3 Å². The van der Waals surface area contributed by atoms with Crippen molar-refractivity contribution in [2.24, 2.45) is 0 Å². The van der Waals surface area contributed by atoms with E-state index in [1.165, 1.54) is 11.9 Å².